The summed E-state index contributed by atoms with van der Waals surface area (Å²) >= 11 is 8.73. The van der Waals surface area contributed by atoms with E-state index < -0.39 is 16.1 Å². The number of aryl methyl sites for hydroxylation is 1. The number of benzene rings is 2. The predicted octanol–water partition coefficient (Wildman–Crippen LogP) is 5.79. The molecule has 2 aromatic heterocycles. The van der Waals surface area contributed by atoms with Crippen LogP contribution in [0.3, 0.4) is 0 Å². The Labute approximate surface area is 223 Å². The van der Waals surface area contributed by atoms with Crippen molar-refractivity contribution < 1.29 is 13.2 Å². The Hall–Kier alpha value is -2.74. The molecule has 2 aromatic carbocycles. The van der Waals surface area contributed by atoms with Crippen LogP contribution in [-0.4, -0.2) is 36.1 Å². The molecule has 0 spiro atoms. The normalized spacial score (nSPS) is 16.2. The summed E-state index contributed by atoms with van der Waals surface area (Å²) in [4.78, 5) is 16.7. The van der Waals surface area contributed by atoms with Gasteiger partial charge in [0.2, 0.25) is 5.91 Å². The first-order chi connectivity index (χ1) is 17.3. The molecule has 0 aliphatic carbocycles. The number of fused-ring (bicyclic) bond motifs is 1. The molecule has 5 rings (SSSR count). The molecule has 1 fully saturated rings. The lowest BCUT2D eigenvalue weighted by molar-refractivity contribution is -0.131. The van der Waals surface area contributed by atoms with Crippen LogP contribution in [0.25, 0.3) is 10.1 Å². The highest BCUT2D eigenvalue weighted by Gasteiger charge is 2.43. The molecule has 0 N–H and O–H groups in total. The minimum absolute atomic E-state index is 0.0967. The van der Waals surface area contributed by atoms with Gasteiger partial charge in [-0.1, -0.05) is 41.9 Å². The van der Waals surface area contributed by atoms with Crippen molar-refractivity contribution in [1.29, 1.82) is 5.26 Å². The average molecular weight is 556 g/mol. The Balaban J connectivity index is 1.51. The molecule has 1 atom stereocenters. The van der Waals surface area contributed by atoms with E-state index in [0.717, 1.165) is 20.5 Å². The Morgan fingerprint density at radius 2 is 1.92 bits per heavy atom. The standard InChI is InChI=1S/C26H22ClN3O3S3/c1-17-22-13-19(27)7-10-24(22)35-26(17)36(32,33)30(15-18-5-3-2-4-6-18)23-11-12-29(25(23)31)16-21-9-8-20(14-28)34-21/h2-10,13,23H,11-12,15-16H2,1H3/t23-/m0/s1. The molecule has 1 aliphatic rings. The zero-order chi connectivity index (χ0) is 25.4. The first-order valence-corrected chi connectivity index (χ1v) is 14.7. The third kappa shape index (κ3) is 4.67. The second-order valence-electron chi connectivity index (χ2n) is 8.63. The first-order valence-electron chi connectivity index (χ1n) is 11.3. The summed E-state index contributed by atoms with van der Waals surface area (Å²) in [6.45, 7) is 2.70. The largest absolute Gasteiger partial charge is 0.336 e. The van der Waals surface area contributed by atoms with Crippen LogP contribution in [0, 0.1) is 18.3 Å². The van der Waals surface area contributed by atoms with Crippen molar-refractivity contribution in [3.63, 3.8) is 0 Å². The van der Waals surface area contributed by atoms with Crippen molar-refractivity contribution in [2.45, 2.75) is 36.7 Å². The summed E-state index contributed by atoms with van der Waals surface area (Å²) in [6.07, 6.45) is 0.400. The summed E-state index contributed by atoms with van der Waals surface area (Å²) < 4.78 is 30.7. The van der Waals surface area contributed by atoms with E-state index >= 15 is 0 Å². The van der Waals surface area contributed by atoms with Gasteiger partial charge in [-0.2, -0.15) is 9.57 Å². The lowest BCUT2D eigenvalue weighted by Gasteiger charge is -2.27. The van der Waals surface area contributed by atoms with Gasteiger partial charge in [-0.3, -0.25) is 4.79 Å². The van der Waals surface area contributed by atoms with Gasteiger partial charge in [-0.05, 0) is 60.2 Å². The van der Waals surface area contributed by atoms with E-state index in [1.165, 1.54) is 27.0 Å². The maximum Gasteiger partial charge on any atom is 0.253 e. The van der Waals surface area contributed by atoms with Gasteiger partial charge in [0.15, 0.2) is 0 Å². The third-order valence-corrected chi connectivity index (χ3v) is 11.2. The monoisotopic (exact) mass is 555 g/mol. The van der Waals surface area contributed by atoms with E-state index in [1.807, 2.05) is 42.5 Å². The van der Waals surface area contributed by atoms with Gasteiger partial charge in [0.05, 0.1) is 6.54 Å². The molecule has 36 heavy (non-hydrogen) atoms. The quantitative estimate of drug-likeness (QED) is 0.289. The van der Waals surface area contributed by atoms with E-state index in [2.05, 4.69) is 6.07 Å². The number of likely N-dealkylation sites (tertiary alicyclic amines) is 1. The molecule has 184 valence electrons. The van der Waals surface area contributed by atoms with Crippen molar-refractivity contribution in [3.05, 3.63) is 86.6 Å². The number of sulfonamides is 1. The summed E-state index contributed by atoms with van der Waals surface area (Å²) in [5.74, 6) is -0.219. The van der Waals surface area contributed by atoms with Gasteiger partial charge in [0, 0.05) is 27.7 Å². The lowest BCUT2D eigenvalue weighted by atomic mass is 10.2. The summed E-state index contributed by atoms with van der Waals surface area (Å²) in [7, 11) is -4.00. The summed E-state index contributed by atoms with van der Waals surface area (Å²) in [6, 6.07) is 19.6. The lowest BCUT2D eigenvalue weighted by Crippen LogP contribution is -2.44. The van der Waals surface area contributed by atoms with Gasteiger partial charge in [0.25, 0.3) is 10.0 Å². The summed E-state index contributed by atoms with van der Waals surface area (Å²) in [5.41, 5.74) is 1.45. The molecule has 1 amide bonds. The maximum atomic E-state index is 14.2. The van der Waals surface area contributed by atoms with Crippen molar-refractivity contribution in [2.75, 3.05) is 6.54 Å². The van der Waals surface area contributed by atoms with E-state index in [1.54, 1.807) is 30.0 Å². The molecule has 10 heteroatoms. The number of carbonyl (C=O) groups is 1. The fourth-order valence-electron chi connectivity index (χ4n) is 4.51. The van der Waals surface area contributed by atoms with E-state index in [-0.39, 0.29) is 16.7 Å². The van der Waals surface area contributed by atoms with Crippen LogP contribution >= 0.6 is 34.3 Å². The smallest absolute Gasteiger partial charge is 0.253 e. The number of thiophene rings is 2. The Morgan fingerprint density at radius 3 is 2.64 bits per heavy atom. The number of hydrogen-bond acceptors (Lipinski definition) is 6. The number of halogens is 1. The van der Waals surface area contributed by atoms with Crippen LogP contribution in [0.1, 0.15) is 27.3 Å². The highest BCUT2D eigenvalue weighted by Crippen LogP contribution is 2.39. The highest BCUT2D eigenvalue weighted by molar-refractivity contribution is 7.91. The second-order valence-corrected chi connectivity index (χ2v) is 13.4. The fraction of sp³-hybridized carbons (Fsp3) is 0.231. The average Bonchev–Trinajstić information content (AvgIpc) is 3.57. The van der Waals surface area contributed by atoms with E-state index in [4.69, 9.17) is 16.9 Å². The fourth-order valence-corrected chi connectivity index (χ4v) is 8.96. The molecule has 0 unspecified atom stereocenters. The van der Waals surface area contributed by atoms with Crippen LogP contribution in [-0.2, 0) is 27.9 Å². The Kier molecular flexibility index (Phi) is 6.90. The number of nitrogens with zero attached hydrogens (tertiary/aromatic N) is 3. The van der Waals surface area contributed by atoms with Crippen molar-refractivity contribution in [1.82, 2.24) is 9.21 Å². The Morgan fingerprint density at radius 1 is 1.14 bits per heavy atom. The van der Waals surface area contributed by atoms with Gasteiger partial charge in [-0.15, -0.1) is 22.7 Å². The molecule has 4 aromatic rings. The number of rotatable bonds is 7. The van der Waals surface area contributed by atoms with Crippen molar-refractivity contribution >= 4 is 60.3 Å². The molecule has 1 saturated heterocycles. The molecular weight excluding hydrogens is 534 g/mol. The topological polar surface area (TPSA) is 81.5 Å². The van der Waals surface area contributed by atoms with E-state index in [9.17, 15) is 13.2 Å². The zero-order valence-corrected chi connectivity index (χ0v) is 22.6. The number of carbonyl (C=O) groups excluding carboxylic acids is 1. The van der Waals surface area contributed by atoms with Gasteiger partial charge >= 0.3 is 0 Å². The van der Waals surface area contributed by atoms with Gasteiger partial charge in [-0.25, -0.2) is 8.42 Å². The SMILES string of the molecule is Cc1c(S(=O)(=O)N(Cc2ccccc2)[C@H]2CCN(Cc3ccc(C#N)s3)C2=O)sc2ccc(Cl)cc12. The number of amides is 1. The number of nitriles is 1. The molecular formula is C26H22ClN3O3S3. The second kappa shape index (κ2) is 9.96. The van der Waals surface area contributed by atoms with Gasteiger partial charge < -0.3 is 4.90 Å². The molecule has 3 heterocycles. The predicted molar refractivity (Wildman–Crippen MR) is 144 cm³/mol. The van der Waals surface area contributed by atoms with Crippen LogP contribution in [0.5, 0.6) is 0 Å². The first kappa shape index (κ1) is 24.9. The number of hydrogen-bond donors (Lipinski definition) is 0. The van der Waals surface area contributed by atoms with E-state index in [0.29, 0.717) is 35.0 Å². The zero-order valence-electron chi connectivity index (χ0n) is 19.3. The molecule has 6 nitrogen and oxygen atoms in total. The molecule has 1 aliphatic heterocycles. The van der Waals surface area contributed by atoms with Gasteiger partial charge in [0.1, 0.15) is 21.2 Å². The van der Waals surface area contributed by atoms with Crippen LogP contribution in [0.15, 0.2) is 64.9 Å². The van der Waals surface area contributed by atoms with Crippen LogP contribution < -0.4 is 0 Å². The minimum atomic E-state index is -4.00. The molecule has 0 saturated carbocycles. The molecule has 0 radical (unpaired) electrons. The maximum absolute atomic E-state index is 14.2. The highest BCUT2D eigenvalue weighted by atomic mass is 35.5. The summed E-state index contributed by atoms with van der Waals surface area (Å²) in [5, 5.41) is 10.5. The Bertz CT molecular complexity index is 1590. The third-order valence-electron chi connectivity index (χ3n) is 6.31. The van der Waals surface area contributed by atoms with Crippen LogP contribution in [0.4, 0.5) is 0 Å². The van der Waals surface area contributed by atoms with Crippen molar-refractivity contribution in [3.8, 4) is 6.07 Å². The molecule has 0 bridgehead atoms. The minimum Gasteiger partial charge on any atom is -0.336 e. The van der Waals surface area contributed by atoms with Crippen LogP contribution in [0.2, 0.25) is 5.02 Å². The van der Waals surface area contributed by atoms with Crippen molar-refractivity contribution in [2.24, 2.45) is 0 Å².